The number of aliphatic hydroxyl groups is 1. The topological polar surface area (TPSA) is 51.6 Å². The molecule has 3 heterocycles. The summed E-state index contributed by atoms with van der Waals surface area (Å²) >= 11 is 0. The highest BCUT2D eigenvalue weighted by atomic mass is 16.3. The van der Waals surface area contributed by atoms with Crippen molar-refractivity contribution in [2.45, 2.75) is 71.2 Å². The van der Waals surface area contributed by atoms with Gasteiger partial charge in [-0.15, -0.1) is 0 Å². The maximum Gasteiger partial charge on any atom is 0.133 e. The second-order valence-electron chi connectivity index (χ2n) is 9.14. The van der Waals surface area contributed by atoms with Crippen LogP contribution in [0.3, 0.4) is 0 Å². The molecule has 0 spiro atoms. The van der Waals surface area contributed by atoms with Crippen molar-refractivity contribution in [3.05, 3.63) is 35.4 Å². The number of likely N-dealkylation sites (tertiary alicyclic amines) is 1. The third kappa shape index (κ3) is 4.73. The molecule has 2 aromatic rings. The molecule has 0 amide bonds. The van der Waals surface area contributed by atoms with Crippen LogP contribution in [0.2, 0.25) is 0 Å². The molecule has 2 aliphatic rings. The fourth-order valence-electron chi connectivity index (χ4n) is 4.79. The van der Waals surface area contributed by atoms with Crippen molar-refractivity contribution >= 4 is 16.7 Å². The number of nitrogens with one attached hydrogen (secondary N) is 1. The highest BCUT2D eigenvalue weighted by Gasteiger charge is 2.29. The van der Waals surface area contributed by atoms with Crippen molar-refractivity contribution in [1.29, 1.82) is 0 Å². The van der Waals surface area contributed by atoms with E-state index >= 15 is 0 Å². The van der Waals surface area contributed by atoms with Crippen molar-refractivity contribution in [3.63, 3.8) is 0 Å². The standard InChI is InChI=1S/C24H36N4O/c1-17(2)25-16-20-15-19-6-4-5-18(3)23(19)26-24(20)28-11-7-21(8-12-28)27-13-9-22(29)10-14-27/h4-6,15,17,21-22,25,29H,7-14,16H2,1-3H3. The lowest BCUT2D eigenvalue weighted by Gasteiger charge is -2.41. The lowest BCUT2D eigenvalue weighted by Crippen LogP contribution is -2.48. The van der Waals surface area contributed by atoms with Gasteiger partial charge in [0.25, 0.3) is 0 Å². The van der Waals surface area contributed by atoms with Gasteiger partial charge < -0.3 is 20.2 Å². The number of para-hydroxylation sites is 1. The van der Waals surface area contributed by atoms with Crippen LogP contribution >= 0.6 is 0 Å². The molecule has 2 aliphatic heterocycles. The predicted molar refractivity (Wildman–Crippen MR) is 121 cm³/mol. The Hall–Kier alpha value is -1.69. The van der Waals surface area contributed by atoms with Gasteiger partial charge in [-0.25, -0.2) is 4.98 Å². The first-order valence-electron chi connectivity index (χ1n) is 11.3. The summed E-state index contributed by atoms with van der Waals surface area (Å²) in [6.45, 7) is 11.6. The van der Waals surface area contributed by atoms with Crippen LogP contribution in [0.5, 0.6) is 0 Å². The lowest BCUT2D eigenvalue weighted by molar-refractivity contribution is 0.0541. The zero-order valence-electron chi connectivity index (χ0n) is 18.2. The van der Waals surface area contributed by atoms with E-state index in [9.17, 15) is 5.11 Å². The molecule has 5 heteroatoms. The molecule has 29 heavy (non-hydrogen) atoms. The van der Waals surface area contributed by atoms with Gasteiger partial charge in [-0.05, 0) is 44.2 Å². The third-order valence-corrected chi connectivity index (χ3v) is 6.58. The number of fused-ring (bicyclic) bond motifs is 1. The Morgan fingerprint density at radius 3 is 2.52 bits per heavy atom. The molecular formula is C24H36N4O. The normalized spacial score (nSPS) is 20.1. The molecule has 1 aromatic heterocycles. The number of aliphatic hydroxyl groups excluding tert-OH is 1. The zero-order valence-corrected chi connectivity index (χ0v) is 18.2. The summed E-state index contributed by atoms with van der Waals surface area (Å²) in [5, 5.41) is 14.6. The number of hydrogen-bond acceptors (Lipinski definition) is 5. The van der Waals surface area contributed by atoms with Crippen molar-refractivity contribution in [1.82, 2.24) is 15.2 Å². The van der Waals surface area contributed by atoms with E-state index in [1.54, 1.807) is 0 Å². The summed E-state index contributed by atoms with van der Waals surface area (Å²) in [4.78, 5) is 10.3. The molecule has 0 bridgehead atoms. The summed E-state index contributed by atoms with van der Waals surface area (Å²) < 4.78 is 0. The first-order chi connectivity index (χ1) is 14.0. The van der Waals surface area contributed by atoms with Crippen molar-refractivity contribution < 1.29 is 5.11 Å². The predicted octanol–water partition coefficient (Wildman–Crippen LogP) is 3.47. The summed E-state index contributed by atoms with van der Waals surface area (Å²) in [5.74, 6) is 1.16. The molecule has 2 fully saturated rings. The quantitative estimate of drug-likeness (QED) is 0.811. The molecule has 5 nitrogen and oxygen atoms in total. The van der Waals surface area contributed by atoms with Gasteiger partial charge in [-0.1, -0.05) is 32.0 Å². The van der Waals surface area contributed by atoms with Gasteiger partial charge in [0.15, 0.2) is 0 Å². The molecule has 2 N–H and O–H groups in total. The first-order valence-corrected chi connectivity index (χ1v) is 11.3. The molecule has 2 saturated heterocycles. The van der Waals surface area contributed by atoms with E-state index < -0.39 is 0 Å². The van der Waals surface area contributed by atoms with Gasteiger partial charge in [0, 0.05) is 55.8 Å². The number of anilines is 1. The summed E-state index contributed by atoms with van der Waals surface area (Å²) in [6, 6.07) is 9.89. The van der Waals surface area contributed by atoms with Crippen molar-refractivity contribution in [2.75, 3.05) is 31.1 Å². The van der Waals surface area contributed by atoms with Gasteiger partial charge in [0.1, 0.15) is 5.82 Å². The van der Waals surface area contributed by atoms with Crippen molar-refractivity contribution in [3.8, 4) is 0 Å². The van der Waals surface area contributed by atoms with E-state index in [0.29, 0.717) is 12.1 Å². The van der Waals surface area contributed by atoms with E-state index in [1.807, 2.05) is 0 Å². The van der Waals surface area contributed by atoms with Gasteiger partial charge >= 0.3 is 0 Å². The summed E-state index contributed by atoms with van der Waals surface area (Å²) in [5.41, 5.74) is 3.67. The Balaban J connectivity index is 1.53. The summed E-state index contributed by atoms with van der Waals surface area (Å²) in [6.07, 6.45) is 4.13. The number of pyridine rings is 1. The molecule has 158 valence electrons. The van der Waals surface area contributed by atoms with Crippen LogP contribution in [0.4, 0.5) is 5.82 Å². The second kappa shape index (κ2) is 8.99. The van der Waals surface area contributed by atoms with Crippen LogP contribution in [-0.2, 0) is 6.54 Å². The monoisotopic (exact) mass is 396 g/mol. The smallest absolute Gasteiger partial charge is 0.133 e. The molecular weight excluding hydrogens is 360 g/mol. The molecule has 1 aromatic carbocycles. The fraction of sp³-hybridized carbons (Fsp3) is 0.625. The highest BCUT2D eigenvalue weighted by molar-refractivity contribution is 5.84. The Labute approximate surface area is 175 Å². The van der Waals surface area contributed by atoms with Crippen LogP contribution in [0, 0.1) is 6.92 Å². The van der Waals surface area contributed by atoms with Crippen molar-refractivity contribution in [2.24, 2.45) is 0 Å². The van der Waals surface area contributed by atoms with Crippen LogP contribution < -0.4 is 10.2 Å². The molecule has 0 saturated carbocycles. The fourth-order valence-corrected chi connectivity index (χ4v) is 4.79. The zero-order chi connectivity index (χ0) is 20.4. The van der Waals surface area contributed by atoms with E-state index in [4.69, 9.17) is 4.98 Å². The number of aryl methyl sites for hydroxylation is 1. The van der Waals surface area contributed by atoms with Crippen LogP contribution in [0.15, 0.2) is 24.3 Å². The number of rotatable bonds is 5. The average Bonchev–Trinajstić information content (AvgIpc) is 2.73. The van der Waals surface area contributed by atoms with E-state index in [0.717, 1.165) is 56.9 Å². The number of aromatic nitrogens is 1. The SMILES string of the molecule is Cc1cccc2cc(CNC(C)C)c(N3CCC(N4CCC(O)CC4)CC3)nc12. The van der Waals surface area contributed by atoms with Gasteiger partial charge in [0.05, 0.1) is 11.6 Å². The minimum atomic E-state index is -0.0904. The van der Waals surface area contributed by atoms with Crippen LogP contribution in [-0.4, -0.2) is 59.4 Å². The number of benzene rings is 1. The Bertz CT molecular complexity index is 821. The average molecular weight is 397 g/mol. The molecule has 0 atom stereocenters. The van der Waals surface area contributed by atoms with Gasteiger partial charge in [0.2, 0.25) is 0 Å². The summed E-state index contributed by atoms with van der Waals surface area (Å²) in [7, 11) is 0. The Morgan fingerprint density at radius 1 is 1.10 bits per heavy atom. The van der Waals surface area contributed by atoms with Crippen LogP contribution in [0.1, 0.15) is 50.7 Å². The minimum Gasteiger partial charge on any atom is -0.393 e. The molecule has 0 unspecified atom stereocenters. The van der Waals surface area contributed by atoms with E-state index in [1.165, 1.54) is 29.4 Å². The number of hydrogen-bond donors (Lipinski definition) is 2. The van der Waals surface area contributed by atoms with Gasteiger partial charge in [-0.2, -0.15) is 0 Å². The molecule has 0 radical (unpaired) electrons. The number of piperidine rings is 2. The van der Waals surface area contributed by atoms with Gasteiger partial charge in [-0.3, -0.25) is 0 Å². The van der Waals surface area contributed by atoms with E-state index in [-0.39, 0.29) is 6.10 Å². The highest BCUT2D eigenvalue weighted by Crippen LogP contribution is 2.29. The first kappa shape index (κ1) is 20.6. The largest absolute Gasteiger partial charge is 0.393 e. The second-order valence-corrected chi connectivity index (χ2v) is 9.14. The molecule has 0 aliphatic carbocycles. The Morgan fingerprint density at radius 2 is 1.83 bits per heavy atom. The van der Waals surface area contributed by atoms with E-state index in [2.05, 4.69) is 60.2 Å². The minimum absolute atomic E-state index is 0.0904. The maximum atomic E-state index is 9.80. The molecule has 4 rings (SSSR count). The third-order valence-electron chi connectivity index (χ3n) is 6.58. The number of nitrogens with zero attached hydrogens (tertiary/aromatic N) is 3. The Kier molecular flexibility index (Phi) is 6.38. The lowest BCUT2D eigenvalue weighted by atomic mass is 9.98. The van der Waals surface area contributed by atoms with Crippen LogP contribution in [0.25, 0.3) is 10.9 Å². The maximum absolute atomic E-state index is 9.80.